The van der Waals surface area contributed by atoms with Gasteiger partial charge in [-0.3, -0.25) is 0 Å². The molecule has 3 N–H and O–H groups in total. The van der Waals surface area contributed by atoms with Crippen LogP contribution >= 0.6 is 0 Å². The Balaban J connectivity index is 3.08. The fourth-order valence-corrected chi connectivity index (χ4v) is 1.60. The third-order valence-electron chi connectivity index (χ3n) is 2.98. The molecule has 0 aliphatic carbocycles. The van der Waals surface area contributed by atoms with Crippen LogP contribution in [0, 0.1) is 12.8 Å². The molecule has 19 heavy (non-hydrogen) atoms. The smallest absolute Gasteiger partial charge is 0.138 e. The number of hydrogen-bond donors (Lipinski definition) is 3. The lowest BCUT2D eigenvalue weighted by atomic mass is 9.95. The van der Waals surface area contributed by atoms with Gasteiger partial charge in [0, 0.05) is 31.2 Å². The summed E-state index contributed by atoms with van der Waals surface area (Å²) in [6, 6.07) is 0. The fraction of sp³-hybridized carbons (Fsp3) is 0.714. The fourth-order valence-electron chi connectivity index (χ4n) is 1.60. The first-order valence-electron chi connectivity index (χ1n) is 6.71. The van der Waals surface area contributed by atoms with E-state index < -0.39 is 0 Å². The van der Waals surface area contributed by atoms with Gasteiger partial charge in [0.2, 0.25) is 0 Å². The molecule has 1 aromatic heterocycles. The molecule has 1 heterocycles. The molecule has 1 rings (SSSR count). The average Bonchev–Trinajstić information content (AvgIpc) is 2.35. The van der Waals surface area contributed by atoms with E-state index >= 15 is 0 Å². The zero-order chi connectivity index (χ0) is 14.6. The molecular formula is C14H26N4O. The van der Waals surface area contributed by atoms with Crippen LogP contribution in [0.4, 0.5) is 11.6 Å². The second kappa shape index (κ2) is 6.19. The molecule has 108 valence electrons. The number of hydrogen-bond acceptors (Lipinski definition) is 5. The van der Waals surface area contributed by atoms with Gasteiger partial charge >= 0.3 is 0 Å². The molecule has 1 aromatic rings. The standard InChI is InChI=1S/C14H26N4O/c1-9(8-19)7-16-12-10(2)11(15-6)17-13(18-12)14(3,4)5/h9,19H,7-8H2,1-6H3,(H2,15,16,17,18). The summed E-state index contributed by atoms with van der Waals surface area (Å²) in [6.45, 7) is 11.1. The largest absolute Gasteiger partial charge is 0.396 e. The Labute approximate surface area is 115 Å². The Morgan fingerprint density at radius 2 is 1.79 bits per heavy atom. The molecule has 0 bridgehead atoms. The highest BCUT2D eigenvalue weighted by Gasteiger charge is 2.20. The molecule has 0 saturated heterocycles. The van der Waals surface area contributed by atoms with Crippen LogP contribution in [0.15, 0.2) is 0 Å². The minimum Gasteiger partial charge on any atom is -0.396 e. The highest BCUT2D eigenvalue weighted by atomic mass is 16.3. The normalized spacial score (nSPS) is 13.2. The molecule has 1 atom stereocenters. The van der Waals surface area contributed by atoms with E-state index in [2.05, 4.69) is 41.4 Å². The highest BCUT2D eigenvalue weighted by molar-refractivity contribution is 5.57. The first kappa shape index (κ1) is 15.7. The van der Waals surface area contributed by atoms with E-state index in [0.29, 0.717) is 6.54 Å². The number of nitrogens with zero attached hydrogens (tertiary/aromatic N) is 2. The average molecular weight is 266 g/mol. The van der Waals surface area contributed by atoms with Crippen molar-refractivity contribution in [1.82, 2.24) is 9.97 Å². The SMILES string of the molecule is CNc1nc(C(C)(C)C)nc(NCC(C)CO)c1C. The lowest BCUT2D eigenvalue weighted by Gasteiger charge is -2.21. The molecule has 0 amide bonds. The van der Waals surface area contributed by atoms with Crippen molar-refractivity contribution in [2.24, 2.45) is 5.92 Å². The van der Waals surface area contributed by atoms with Gasteiger partial charge in [-0.05, 0) is 12.8 Å². The molecule has 5 nitrogen and oxygen atoms in total. The zero-order valence-corrected chi connectivity index (χ0v) is 12.8. The van der Waals surface area contributed by atoms with Crippen molar-refractivity contribution < 1.29 is 5.11 Å². The van der Waals surface area contributed by atoms with Crippen LogP contribution in [-0.2, 0) is 5.41 Å². The number of nitrogens with one attached hydrogen (secondary N) is 2. The Morgan fingerprint density at radius 3 is 2.26 bits per heavy atom. The second-order valence-electron chi connectivity index (χ2n) is 6.04. The molecule has 0 saturated carbocycles. The molecule has 5 heteroatoms. The van der Waals surface area contributed by atoms with Crippen LogP contribution in [-0.4, -0.2) is 35.3 Å². The van der Waals surface area contributed by atoms with Crippen LogP contribution in [0.5, 0.6) is 0 Å². The summed E-state index contributed by atoms with van der Waals surface area (Å²) in [5.74, 6) is 2.69. The summed E-state index contributed by atoms with van der Waals surface area (Å²) in [7, 11) is 1.86. The van der Waals surface area contributed by atoms with Gasteiger partial charge in [0.05, 0.1) is 0 Å². The summed E-state index contributed by atoms with van der Waals surface area (Å²) in [4.78, 5) is 9.17. The Bertz CT molecular complexity index is 426. The molecule has 0 spiro atoms. The van der Waals surface area contributed by atoms with E-state index in [1.54, 1.807) is 0 Å². The first-order valence-corrected chi connectivity index (χ1v) is 6.71. The van der Waals surface area contributed by atoms with Crippen molar-refractivity contribution in [3.63, 3.8) is 0 Å². The van der Waals surface area contributed by atoms with E-state index in [4.69, 9.17) is 5.11 Å². The lowest BCUT2D eigenvalue weighted by Crippen LogP contribution is -2.21. The zero-order valence-electron chi connectivity index (χ0n) is 12.8. The molecular weight excluding hydrogens is 240 g/mol. The molecule has 0 aliphatic heterocycles. The van der Waals surface area contributed by atoms with Gasteiger partial charge < -0.3 is 15.7 Å². The third kappa shape index (κ3) is 4.06. The minimum absolute atomic E-state index is 0.0989. The van der Waals surface area contributed by atoms with Crippen molar-refractivity contribution in [3.8, 4) is 0 Å². The van der Waals surface area contributed by atoms with Crippen molar-refractivity contribution in [3.05, 3.63) is 11.4 Å². The Kier molecular flexibility index (Phi) is 5.11. The summed E-state index contributed by atoms with van der Waals surface area (Å²) < 4.78 is 0. The van der Waals surface area contributed by atoms with Gasteiger partial charge in [0.15, 0.2) is 0 Å². The lowest BCUT2D eigenvalue weighted by molar-refractivity contribution is 0.244. The topological polar surface area (TPSA) is 70.1 Å². The van der Waals surface area contributed by atoms with E-state index in [1.807, 2.05) is 20.9 Å². The van der Waals surface area contributed by atoms with Gasteiger partial charge in [0.25, 0.3) is 0 Å². The number of rotatable bonds is 5. The van der Waals surface area contributed by atoms with E-state index in [-0.39, 0.29) is 17.9 Å². The van der Waals surface area contributed by atoms with Gasteiger partial charge in [-0.2, -0.15) is 0 Å². The summed E-state index contributed by atoms with van der Waals surface area (Å²) in [6.07, 6.45) is 0. The van der Waals surface area contributed by atoms with Crippen molar-refractivity contribution >= 4 is 11.6 Å². The molecule has 0 radical (unpaired) electrons. The van der Waals surface area contributed by atoms with Crippen LogP contribution in [0.1, 0.15) is 39.1 Å². The molecule has 0 aliphatic rings. The molecule has 0 aromatic carbocycles. The highest BCUT2D eigenvalue weighted by Crippen LogP contribution is 2.26. The van der Waals surface area contributed by atoms with E-state index in [9.17, 15) is 0 Å². The number of aromatic nitrogens is 2. The molecule has 0 fully saturated rings. The van der Waals surface area contributed by atoms with Gasteiger partial charge in [-0.1, -0.05) is 27.7 Å². The van der Waals surface area contributed by atoms with Crippen LogP contribution in [0.25, 0.3) is 0 Å². The maximum Gasteiger partial charge on any atom is 0.138 e. The van der Waals surface area contributed by atoms with Crippen molar-refractivity contribution in [2.45, 2.75) is 40.0 Å². The van der Waals surface area contributed by atoms with Crippen LogP contribution in [0.2, 0.25) is 0 Å². The maximum atomic E-state index is 9.08. The second-order valence-corrected chi connectivity index (χ2v) is 6.04. The maximum absolute atomic E-state index is 9.08. The predicted molar refractivity (Wildman–Crippen MR) is 79.8 cm³/mol. The summed E-state index contributed by atoms with van der Waals surface area (Å²) in [5, 5.41) is 15.5. The van der Waals surface area contributed by atoms with Crippen molar-refractivity contribution in [1.29, 1.82) is 0 Å². The summed E-state index contributed by atoms with van der Waals surface area (Å²) in [5.41, 5.74) is 0.902. The van der Waals surface area contributed by atoms with Crippen LogP contribution < -0.4 is 10.6 Å². The molecule has 1 unspecified atom stereocenters. The number of aliphatic hydroxyl groups excluding tert-OH is 1. The number of aliphatic hydroxyl groups is 1. The number of anilines is 2. The Morgan fingerprint density at radius 1 is 1.21 bits per heavy atom. The monoisotopic (exact) mass is 266 g/mol. The Hall–Kier alpha value is -1.36. The van der Waals surface area contributed by atoms with Gasteiger partial charge in [-0.25, -0.2) is 9.97 Å². The predicted octanol–water partition coefficient (Wildman–Crippen LogP) is 2.16. The quantitative estimate of drug-likeness (QED) is 0.762. The van der Waals surface area contributed by atoms with Crippen molar-refractivity contribution in [2.75, 3.05) is 30.8 Å². The summed E-state index contributed by atoms with van der Waals surface area (Å²) >= 11 is 0. The van der Waals surface area contributed by atoms with E-state index in [1.165, 1.54) is 0 Å². The van der Waals surface area contributed by atoms with Gasteiger partial charge in [-0.15, -0.1) is 0 Å². The van der Waals surface area contributed by atoms with Gasteiger partial charge in [0.1, 0.15) is 17.5 Å². The third-order valence-corrected chi connectivity index (χ3v) is 2.98. The van der Waals surface area contributed by atoms with Crippen LogP contribution in [0.3, 0.4) is 0 Å². The minimum atomic E-state index is -0.0989. The van der Waals surface area contributed by atoms with E-state index in [0.717, 1.165) is 23.0 Å². The first-order chi connectivity index (χ1) is 8.79.